The van der Waals surface area contributed by atoms with E-state index in [1.165, 1.54) is 0 Å². The predicted molar refractivity (Wildman–Crippen MR) is 83.2 cm³/mol. The Morgan fingerprint density at radius 3 is 2.52 bits per heavy atom. The zero-order valence-electron chi connectivity index (χ0n) is 13.4. The molecule has 1 amide bonds. The van der Waals surface area contributed by atoms with Gasteiger partial charge in [-0.3, -0.25) is 0 Å². The fraction of sp³-hybridized carbons (Fsp3) is 0.562. The van der Waals surface area contributed by atoms with Gasteiger partial charge in [0.2, 0.25) is 0 Å². The third-order valence-corrected chi connectivity index (χ3v) is 2.56. The summed E-state index contributed by atoms with van der Waals surface area (Å²) in [6, 6.07) is 3.98. The van der Waals surface area contributed by atoms with Crippen molar-refractivity contribution in [2.45, 2.75) is 46.3 Å². The topological polar surface area (TPSA) is 63.5 Å². The number of ether oxygens (including phenoxy) is 1. The fourth-order valence-electron chi connectivity index (χ4n) is 1.61. The first-order valence-electron chi connectivity index (χ1n) is 7.31. The van der Waals surface area contributed by atoms with Gasteiger partial charge in [-0.25, -0.2) is 4.79 Å². The molecule has 5 heteroatoms. The molecule has 0 aliphatic rings. The van der Waals surface area contributed by atoms with Gasteiger partial charge < -0.3 is 19.8 Å². The van der Waals surface area contributed by atoms with Gasteiger partial charge in [-0.1, -0.05) is 19.1 Å². The molecule has 0 aliphatic carbocycles. The van der Waals surface area contributed by atoms with Crippen LogP contribution in [0.1, 0.15) is 39.2 Å². The van der Waals surface area contributed by atoms with Gasteiger partial charge in [0, 0.05) is 19.5 Å². The summed E-state index contributed by atoms with van der Waals surface area (Å²) in [5.41, 5.74) is -0.463. The van der Waals surface area contributed by atoms with Crippen LogP contribution in [0.25, 0.3) is 0 Å². The average Bonchev–Trinajstić information content (AvgIpc) is 2.83. The number of carbonyl (C=O) groups excluding carboxylic acids is 1. The largest absolute Gasteiger partial charge is 0.465 e. The molecule has 0 saturated carbocycles. The summed E-state index contributed by atoms with van der Waals surface area (Å²) < 4.78 is 10.7. The third-order valence-electron chi connectivity index (χ3n) is 2.56. The lowest BCUT2D eigenvalue weighted by Crippen LogP contribution is -2.32. The van der Waals surface area contributed by atoms with Crippen molar-refractivity contribution in [1.29, 1.82) is 0 Å². The Bertz CT molecular complexity index is 458. The molecule has 0 aliphatic heterocycles. The van der Waals surface area contributed by atoms with Gasteiger partial charge >= 0.3 is 6.09 Å². The molecule has 118 valence electrons. The lowest BCUT2D eigenvalue weighted by atomic mass is 10.2. The number of hydrogen-bond acceptors (Lipinski definition) is 4. The van der Waals surface area contributed by atoms with E-state index in [1.54, 1.807) is 0 Å². The van der Waals surface area contributed by atoms with Gasteiger partial charge in [-0.2, -0.15) is 0 Å². The van der Waals surface area contributed by atoms with E-state index in [2.05, 4.69) is 17.6 Å². The van der Waals surface area contributed by atoms with Crippen molar-refractivity contribution in [2.75, 3.05) is 13.1 Å². The molecule has 0 aromatic carbocycles. The highest BCUT2D eigenvalue weighted by Crippen LogP contribution is 2.07. The maximum absolute atomic E-state index is 11.4. The quantitative estimate of drug-likeness (QED) is 0.599. The zero-order valence-corrected chi connectivity index (χ0v) is 13.4. The van der Waals surface area contributed by atoms with E-state index in [-0.39, 0.29) is 0 Å². The van der Waals surface area contributed by atoms with E-state index < -0.39 is 11.7 Å². The molecule has 0 atom stereocenters. The SMILES string of the molecule is CCc1ccc(CNC/C=C/CNC(=O)OC(C)(C)C)o1. The normalized spacial score (nSPS) is 11.8. The summed E-state index contributed by atoms with van der Waals surface area (Å²) in [7, 11) is 0. The van der Waals surface area contributed by atoms with Gasteiger partial charge in [0.25, 0.3) is 0 Å². The molecule has 1 rings (SSSR count). The van der Waals surface area contributed by atoms with E-state index in [4.69, 9.17) is 9.15 Å². The molecule has 0 fully saturated rings. The number of furan rings is 1. The first kappa shape index (κ1) is 17.3. The van der Waals surface area contributed by atoms with Crippen LogP contribution in [0.4, 0.5) is 4.79 Å². The highest BCUT2D eigenvalue weighted by molar-refractivity contribution is 5.67. The minimum Gasteiger partial charge on any atom is -0.465 e. The number of nitrogens with one attached hydrogen (secondary N) is 2. The molecule has 1 aromatic heterocycles. The molecule has 0 unspecified atom stereocenters. The van der Waals surface area contributed by atoms with Crippen LogP contribution in [0.15, 0.2) is 28.7 Å². The molecule has 5 nitrogen and oxygen atoms in total. The summed E-state index contributed by atoms with van der Waals surface area (Å²) in [5.74, 6) is 1.94. The van der Waals surface area contributed by atoms with Crippen molar-refractivity contribution < 1.29 is 13.9 Å². The van der Waals surface area contributed by atoms with Crippen molar-refractivity contribution in [2.24, 2.45) is 0 Å². The van der Waals surface area contributed by atoms with E-state index >= 15 is 0 Å². The standard InChI is InChI=1S/C16H26N2O3/c1-5-13-8-9-14(20-13)12-17-10-6-7-11-18-15(19)21-16(2,3)4/h6-9,17H,5,10-12H2,1-4H3,(H,18,19)/b7-6+. The second-order valence-corrected chi connectivity index (χ2v) is 5.71. The summed E-state index contributed by atoms with van der Waals surface area (Å²) >= 11 is 0. The van der Waals surface area contributed by atoms with Crippen molar-refractivity contribution in [3.63, 3.8) is 0 Å². The molecule has 1 aromatic rings. The Labute approximate surface area is 126 Å². The summed E-state index contributed by atoms with van der Waals surface area (Å²) in [4.78, 5) is 11.4. The van der Waals surface area contributed by atoms with Gasteiger partial charge in [0.05, 0.1) is 6.54 Å². The summed E-state index contributed by atoms with van der Waals surface area (Å²) in [5, 5.41) is 5.91. The minimum absolute atomic E-state index is 0.400. The first-order chi connectivity index (χ1) is 9.90. The van der Waals surface area contributed by atoms with Crippen molar-refractivity contribution in [3.8, 4) is 0 Å². The van der Waals surface area contributed by atoms with Crippen LogP contribution < -0.4 is 10.6 Å². The lowest BCUT2D eigenvalue weighted by molar-refractivity contribution is 0.0534. The molecule has 2 N–H and O–H groups in total. The van der Waals surface area contributed by atoms with E-state index in [1.807, 2.05) is 45.1 Å². The van der Waals surface area contributed by atoms with Crippen LogP contribution in [0.5, 0.6) is 0 Å². The molecule has 21 heavy (non-hydrogen) atoms. The Hall–Kier alpha value is -1.75. The lowest BCUT2D eigenvalue weighted by Gasteiger charge is -2.19. The Balaban J connectivity index is 2.08. The summed E-state index contributed by atoms with van der Waals surface area (Å²) in [6.07, 6.45) is 4.36. The summed E-state index contributed by atoms with van der Waals surface area (Å²) in [6.45, 7) is 9.45. The molecule has 0 spiro atoms. The number of rotatable bonds is 7. The Kier molecular flexibility index (Phi) is 7.02. The number of aryl methyl sites for hydroxylation is 1. The number of alkyl carbamates (subject to hydrolysis) is 1. The van der Waals surface area contributed by atoms with Crippen LogP contribution in [0, 0.1) is 0 Å². The van der Waals surface area contributed by atoms with Crippen LogP contribution in [-0.4, -0.2) is 24.8 Å². The molecule has 0 bridgehead atoms. The smallest absolute Gasteiger partial charge is 0.407 e. The third kappa shape index (κ3) is 8.19. The number of amides is 1. The average molecular weight is 294 g/mol. The molecule has 1 heterocycles. The monoisotopic (exact) mass is 294 g/mol. The maximum Gasteiger partial charge on any atom is 0.407 e. The van der Waals surface area contributed by atoms with Crippen molar-refractivity contribution in [3.05, 3.63) is 35.8 Å². The maximum atomic E-state index is 11.4. The van der Waals surface area contributed by atoms with E-state index in [0.717, 1.165) is 24.5 Å². The number of hydrogen-bond donors (Lipinski definition) is 2. The number of carbonyl (C=O) groups is 1. The highest BCUT2D eigenvalue weighted by Gasteiger charge is 2.14. The predicted octanol–water partition coefficient (Wildman–Crippen LogP) is 3.01. The van der Waals surface area contributed by atoms with E-state index in [0.29, 0.717) is 13.1 Å². The zero-order chi connectivity index (χ0) is 15.7. The van der Waals surface area contributed by atoms with Crippen LogP contribution in [-0.2, 0) is 17.7 Å². The molecule has 0 saturated heterocycles. The second kappa shape index (κ2) is 8.52. The Morgan fingerprint density at radius 2 is 1.90 bits per heavy atom. The Morgan fingerprint density at radius 1 is 1.24 bits per heavy atom. The van der Waals surface area contributed by atoms with Crippen LogP contribution in [0.3, 0.4) is 0 Å². The van der Waals surface area contributed by atoms with Crippen LogP contribution in [0.2, 0.25) is 0 Å². The van der Waals surface area contributed by atoms with Gasteiger partial charge in [-0.05, 0) is 32.9 Å². The van der Waals surface area contributed by atoms with Gasteiger partial charge in [0.15, 0.2) is 0 Å². The first-order valence-corrected chi connectivity index (χ1v) is 7.31. The molecular formula is C16H26N2O3. The molecule has 0 radical (unpaired) electrons. The van der Waals surface area contributed by atoms with Crippen molar-refractivity contribution >= 4 is 6.09 Å². The van der Waals surface area contributed by atoms with E-state index in [9.17, 15) is 4.79 Å². The minimum atomic E-state index is -0.463. The highest BCUT2D eigenvalue weighted by atomic mass is 16.6. The van der Waals surface area contributed by atoms with Crippen molar-refractivity contribution in [1.82, 2.24) is 10.6 Å². The van der Waals surface area contributed by atoms with Gasteiger partial charge in [-0.15, -0.1) is 0 Å². The van der Waals surface area contributed by atoms with Gasteiger partial charge in [0.1, 0.15) is 17.1 Å². The second-order valence-electron chi connectivity index (χ2n) is 5.71. The van der Waals surface area contributed by atoms with Crippen LogP contribution >= 0.6 is 0 Å². The molecular weight excluding hydrogens is 268 g/mol. The fourth-order valence-corrected chi connectivity index (χ4v) is 1.61.